The topological polar surface area (TPSA) is 50.8 Å². The molecule has 1 aliphatic heterocycles. The van der Waals surface area contributed by atoms with E-state index >= 15 is 0 Å². The van der Waals surface area contributed by atoms with E-state index in [-0.39, 0.29) is 11.9 Å². The number of halogens is 1. The number of benzene rings is 1. The number of nitrogens with zero attached hydrogens (tertiary/aromatic N) is 1. The molecule has 0 radical (unpaired) electrons. The van der Waals surface area contributed by atoms with Crippen LogP contribution in [0.4, 0.5) is 4.79 Å². The number of hydrogen-bond acceptors (Lipinski definition) is 3. The first-order valence-electron chi connectivity index (χ1n) is 10.3. The number of carbonyl (C=O) groups excluding carboxylic acids is 1. The Labute approximate surface area is 175 Å². The molecule has 4 rings (SSSR count). The van der Waals surface area contributed by atoms with Gasteiger partial charge in [0.2, 0.25) is 0 Å². The highest BCUT2D eigenvalue weighted by Gasteiger charge is 2.41. The van der Waals surface area contributed by atoms with Gasteiger partial charge in [-0.25, -0.2) is 4.79 Å². The predicted octanol–water partition coefficient (Wildman–Crippen LogP) is 4.32. The molecular formula is C22H29BrN2O3. The Morgan fingerprint density at radius 2 is 2.14 bits per heavy atom. The van der Waals surface area contributed by atoms with Gasteiger partial charge in [-0.05, 0) is 55.2 Å². The maximum Gasteiger partial charge on any atom is 0.317 e. The lowest BCUT2D eigenvalue weighted by Gasteiger charge is -2.33. The van der Waals surface area contributed by atoms with Crippen LogP contribution >= 0.6 is 15.9 Å². The van der Waals surface area contributed by atoms with Crippen molar-refractivity contribution in [1.29, 1.82) is 0 Å². The lowest BCUT2D eigenvalue weighted by molar-refractivity contribution is 0.133. The summed E-state index contributed by atoms with van der Waals surface area (Å²) in [7, 11) is 1.70. The molecule has 0 aromatic heterocycles. The number of ether oxygens (including phenoxy) is 2. The molecule has 1 N–H and O–H groups in total. The molecule has 3 aliphatic rings. The van der Waals surface area contributed by atoms with Gasteiger partial charge < -0.3 is 19.7 Å². The monoisotopic (exact) mass is 448 g/mol. The van der Waals surface area contributed by atoms with Gasteiger partial charge in [0, 0.05) is 30.9 Å². The van der Waals surface area contributed by atoms with Gasteiger partial charge in [-0.1, -0.05) is 34.1 Å². The zero-order valence-electron chi connectivity index (χ0n) is 16.4. The van der Waals surface area contributed by atoms with Crippen LogP contribution in [0.3, 0.4) is 0 Å². The van der Waals surface area contributed by atoms with Gasteiger partial charge in [0.15, 0.2) is 11.5 Å². The van der Waals surface area contributed by atoms with E-state index in [9.17, 15) is 4.79 Å². The normalized spacial score (nSPS) is 29.4. The van der Waals surface area contributed by atoms with E-state index in [4.69, 9.17) is 9.47 Å². The quantitative estimate of drug-likeness (QED) is 0.498. The predicted molar refractivity (Wildman–Crippen MR) is 114 cm³/mol. The van der Waals surface area contributed by atoms with Crippen LogP contribution in [0.1, 0.15) is 37.2 Å². The van der Waals surface area contributed by atoms with Crippen LogP contribution in [-0.2, 0) is 0 Å². The Hall–Kier alpha value is -1.69. The van der Waals surface area contributed by atoms with E-state index in [0.29, 0.717) is 31.7 Å². The van der Waals surface area contributed by atoms with Crippen molar-refractivity contribution in [1.82, 2.24) is 10.2 Å². The molecule has 0 spiro atoms. The van der Waals surface area contributed by atoms with Gasteiger partial charge in [0.1, 0.15) is 6.10 Å². The van der Waals surface area contributed by atoms with Crippen molar-refractivity contribution in [2.24, 2.45) is 11.8 Å². The van der Waals surface area contributed by atoms with Crippen LogP contribution in [-0.4, -0.2) is 49.1 Å². The first kappa shape index (κ1) is 19.6. The fourth-order valence-corrected chi connectivity index (χ4v) is 5.18. The van der Waals surface area contributed by atoms with E-state index in [0.717, 1.165) is 22.7 Å². The third-order valence-electron chi connectivity index (χ3n) is 6.42. The fourth-order valence-electron chi connectivity index (χ4n) is 4.91. The third-order valence-corrected chi connectivity index (χ3v) is 6.79. The molecule has 2 amide bonds. The van der Waals surface area contributed by atoms with Crippen molar-refractivity contribution >= 4 is 22.0 Å². The summed E-state index contributed by atoms with van der Waals surface area (Å²) in [5.41, 5.74) is 1.19. The number of amides is 2. The van der Waals surface area contributed by atoms with Crippen LogP contribution in [0, 0.1) is 11.8 Å². The molecule has 3 fully saturated rings. The first-order valence-corrected chi connectivity index (χ1v) is 11.4. The minimum Gasteiger partial charge on any atom is -0.493 e. The SMILES string of the molecule is COc1ccc(C2CNC(=O)N(CC=CCBr)C2)cc1O[C@H]1C[C@@H]2CC[C@H]1C2. The second-order valence-electron chi connectivity index (χ2n) is 8.16. The van der Waals surface area contributed by atoms with Crippen LogP contribution in [0.25, 0.3) is 0 Å². The number of urea groups is 1. The molecule has 1 heterocycles. The van der Waals surface area contributed by atoms with Crippen LogP contribution in [0.5, 0.6) is 11.5 Å². The van der Waals surface area contributed by atoms with Gasteiger partial charge in [-0.15, -0.1) is 0 Å². The van der Waals surface area contributed by atoms with E-state index in [2.05, 4.69) is 33.4 Å². The zero-order valence-corrected chi connectivity index (χ0v) is 18.0. The van der Waals surface area contributed by atoms with Gasteiger partial charge >= 0.3 is 6.03 Å². The molecule has 2 bridgehead atoms. The number of carbonyl (C=O) groups is 1. The lowest BCUT2D eigenvalue weighted by Crippen LogP contribution is -2.50. The summed E-state index contributed by atoms with van der Waals surface area (Å²) in [6.07, 6.45) is 9.51. The highest BCUT2D eigenvalue weighted by molar-refractivity contribution is 9.09. The van der Waals surface area contributed by atoms with E-state index in [1.165, 1.54) is 31.2 Å². The molecular weight excluding hydrogens is 420 g/mol. The number of nitrogens with one attached hydrogen (secondary N) is 1. The van der Waals surface area contributed by atoms with Crippen molar-refractivity contribution in [2.45, 2.75) is 37.7 Å². The average molecular weight is 449 g/mol. The van der Waals surface area contributed by atoms with E-state index < -0.39 is 0 Å². The molecule has 6 heteroatoms. The standard InChI is InChI=1S/C22H29BrN2O3/c1-27-19-7-6-16(12-21(19)28-20-11-15-4-5-17(20)10-15)18-13-24-22(26)25(14-18)9-3-2-8-23/h2-3,6-7,12,15,17-18,20H,4-5,8-11,13-14H2,1H3,(H,24,26)/t15-,17+,18?,20+/m1/s1. The summed E-state index contributed by atoms with van der Waals surface area (Å²) >= 11 is 3.38. The molecule has 2 aliphatic carbocycles. The second-order valence-corrected chi connectivity index (χ2v) is 8.80. The van der Waals surface area contributed by atoms with Gasteiger partial charge in [0.05, 0.1) is 7.11 Å². The number of alkyl halides is 1. The maximum absolute atomic E-state index is 12.2. The minimum atomic E-state index is 0.00226. The Kier molecular flexibility index (Phi) is 6.14. The number of allylic oxidation sites excluding steroid dienone is 1. The summed E-state index contributed by atoms with van der Waals surface area (Å²) in [5, 5.41) is 3.82. The fraction of sp³-hybridized carbons (Fsp3) is 0.591. The Morgan fingerprint density at radius 1 is 1.25 bits per heavy atom. The van der Waals surface area contributed by atoms with Crippen molar-refractivity contribution in [3.63, 3.8) is 0 Å². The lowest BCUT2D eigenvalue weighted by atomic mass is 9.95. The van der Waals surface area contributed by atoms with Crippen LogP contribution in [0.15, 0.2) is 30.4 Å². The van der Waals surface area contributed by atoms with Gasteiger partial charge in [0.25, 0.3) is 0 Å². The van der Waals surface area contributed by atoms with Crippen molar-refractivity contribution < 1.29 is 14.3 Å². The molecule has 28 heavy (non-hydrogen) atoms. The smallest absolute Gasteiger partial charge is 0.317 e. The second kappa shape index (κ2) is 8.76. The number of hydrogen-bond donors (Lipinski definition) is 1. The summed E-state index contributed by atoms with van der Waals surface area (Å²) < 4.78 is 12.0. The first-order chi connectivity index (χ1) is 13.7. The number of methoxy groups -OCH3 is 1. The summed E-state index contributed by atoms with van der Waals surface area (Å²) in [5.74, 6) is 3.43. The molecule has 1 unspecified atom stereocenters. The molecule has 1 aromatic carbocycles. The Balaban J connectivity index is 1.48. The molecule has 152 valence electrons. The average Bonchev–Trinajstić information content (AvgIpc) is 3.33. The Morgan fingerprint density at radius 3 is 2.86 bits per heavy atom. The van der Waals surface area contributed by atoms with Crippen molar-refractivity contribution in [2.75, 3.05) is 32.1 Å². The van der Waals surface area contributed by atoms with Crippen molar-refractivity contribution in [3.8, 4) is 11.5 Å². The third kappa shape index (κ3) is 4.17. The zero-order chi connectivity index (χ0) is 19.5. The van der Waals surface area contributed by atoms with Gasteiger partial charge in [-0.3, -0.25) is 0 Å². The van der Waals surface area contributed by atoms with Crippen LogP contribution < -0.4 is 14.8 Å². The molecule has 1 saturated heterocycles. The van der Waals surface area contributed by atoms with Crippen molar-refractivity contribution in [3.05, 3.63) is 35.9 Å². The van der Waals surface area contributed by atoms with E-state index in [1.807, 2.05) is 23.1 Å². The number of rotatable bonds is 7. The Bertz CT molecular complexity index is 738. The summed E-state index contributed by atoms with van der Waals surface area (Å²) in [4.78, 5) is 14.0. The molecule has 4 atom stereocenters. The highest BCUT2D eigenvalue weighted by Crippen LogP contribution is 2.47. The molecule has 5 nitrogen and oxygen atoms in total. The molecule has 2 saturated carbocycles. The number of fused-ring (bicyclic) bond motifs is 2. The highest BCUT2D eigenvalue weighted by atomic mass is 79.9. The minimum absolute atomic E-state index is 0.00226. The van der Waals surface area contributed by atoms with Crippen LogP contribution in [0.2, 0.25) is 0 Å². The maximum atomic E-state index is 12.2. The van der Waals surface area contributed by atoms with Gasteiger partial charge in [-0.2, -0.15) is 0 Å². The summed E-state index contributed by atoms with van der Waals surface area (Å²) in [6.45, 7) is 1.98. The molecule has 1 aromatic rings. The summed E-state index contributed by atoms with van der Waals surface area (Å²) in [6, 6.07) is 6.23. The van der Waals surface area contributed by atoms with E-state index in [1.54, 1.807) is 7.11 Å². The largest absolute Gasteiger partial charge is 0.493 e.